The summed E-state index contributed by atoms with van der Waals surface area (Å²) >= 11 is 0. The van der Waals surface area contributed by atoms with Crippen molar-refractivity contribution in [3.63, 3.8) is 0 Å². The number of nitrogens with two attached hydrogens (primary N) is 1. The number of carbonyl (C=O) groups excluding carboxylic acids is 1. The summed E-state index contributed by atoms with van der Waals surface area (Å²) in [7, 11) is 0. The van der Waals surface area contributed by atoms with Gasteiger partial charge in [-0.05, 0) is 32.0 Å². The van der Waals surface area contributed by atoms with Crippen LogP contribution in [0.25, 0.3) is 5.69 Å². The molecule has 1 aromatic heterocycles. The lowest BCUT2D eigenvalue weighted by Gasteiger charge is -2.12. The first-order valence-electron chi connectivity index (χ1n) is 5.75. The number of aryl methyl sites for hydroxylation is 1. The Morgan fingerprint density at radius 3 is 2.32 bits per heavy atom. The molecule has 1 amide bonds. The fourth-order valence-corrected chi connectivity index (χ4v) is 2.23. The van der Waals surface area contributed by atoms with E-state index in [1.54, 1.807) is 48.7 Å². The molecule has 0 spiro atoms. The number of para-hydroxylation sites is 1. The molecule has 19 heavy (non-hydrogen) atoms. The van der Waals surface area contributed by atoms with Gasteiger partial charge < -0.3 is 15.4 Å². The number of carboxylic acids is 1. The number of amides is 1. The van der Waals surface area contributed by atoms with Crippen molar-refractivity contribution in [3.05, 3.63) is 52.8 Å². The van der Waals surface area contributed by atoms with E-state index in [4.69, 9.17) is 10.8 Å². The molecule has 5 nitrogen and oxygen atoms in total. The highest BCUT2D eigenvalue weighted by atomic mass is 16.4. The summed E-state index contributed by atoms with van der Waals surface area (Å²) in [4.78, 5) is 22.6. The molecule has 5 heteroatoms. The Hall–Kier alpha value is -2.56. The fraction of sp³-hybridized carbons (Fsp3) is 0.143. The summed E-state index contributed by atoms with van der Waals surface area (Å²) in [5.41, 5.74) is 7.83. The summed E-state index contributed by atoms with van der Waals surface area (Å²) < 4.78 is 1.73. The first-order valence-corrected chi connectivity index (χ1v) is 5.75. The van der Waals surface area contributed by atoms with Crippen LogP contribution in [-0.4, -0.2) is 21.6 Å². The molecule has 0 unspecified atom stereocenters. The molecular formula is C14H14N2O3. The normalized spacial score (nSPS) is 10.4. The van der Waals surface area contributed by atoms with Gasteiger partial charge in [-0.3, -0.25) is 4.79 Å². The Morgan fingerprint density at radius 2 is 1.79 bits per heavy atom. The van der Waals surface area contributed by atoms with Crippen LogP contribution in [0.15, 0.2) is 30.3 Å². The Kier molecular flexibility index (Phi) is 3.12. The Bertz CT molecular complexity index is 671. The van der Waals surface area contributed by atoms with Crippen molar-refractivity contribution in [2.24, 2.45) is 5.73 Å². The van der Waals surface area contributed by atoms with Gasteiger partial charge in [-0.1, -0.05) is 12.1 Å². The molecule has 2 rings (SSSR count). The third-order valence-corrected chi connectivity index (χ3v) is 3.07. The molecule has 0 fully saturated rings. The maximum absolute atomic E-state index is 11.5. The lowest BCUT2D eigenvalue weighted by atomic mass is 10.1. The van der Waals surface area contributed by atoms with Gasteiger partial charge in [-0.15, -0.1) is 0 Å². The molecule has 3 N–H and O–H groups in total. The van der Waals surface area contributed by atoms with Crippen LogP contribution in [0, 0.1) is 13.8 Å². The van der Waals surface area contributed by atoms with Gasteiger partial charge in [0.2, 0.25) is 0 Å². The van der Waals surface area contributed by atoms with Crippen molar-refractivity contribution in [1.29, 1.82) is 0 Å². The van der Waals surface area contributed by atoms with Gasteiger partial charge in [0, 0.05) is 11.4 Å². The first-order chi connectivity index (χ1) is 8.93. The number of primary amides is 1. The minimum Gasteiger partial charge on any atom is -0.478 e. The van der Waals surface area contributed by atoms with Crippen LogP contribution < -0.4 is 5.73 Å². The van der Waals surface area contributed by atoms with Crippen LogP contribution in [0.4, 0.5) is 0 Å². The number of carbonyl (C=O) groups is 2. The minimum atomic E-state index is -0.990. The van der Waals surface area contributed by atoms with E-state index < -0.39 is 11.9 Å². The van der Waals surface area contributed by atoms with E-state index in [0.29, 0.717) is 16.9 Å². The first kappa shape index (κ1) is 12.9. The van der Waals surface area contributed by atoms with Gasteiger partial charge in [-0.25, -0.2) is 4.79 Å². The lowest BCUT2D eigenvalue weighted by Crippen LogP contribution is -2.15. The Balaban J connectivity index is 2.73. The Morgan fingerprint density at radius 1 is 1.16 bits per heavy atom. The highest BCUT2D eigenvalue weighted by Gasteiger charge is 2.18. The van der Waals surface area contributed by atoms with Crippen molar-refractivity contribution < 1.29 is 14.7 Å². The van der Waals surface area contributed by atoms with E-state index in [1.807, 2.05) is 0 Å². The number of rotatable bonds is 3. The van der Waals surface area contributed by atoms with Crippen molar-refractivity contribution in [1.82, 2.24) is 4.57 Å². The predicted octanol–water partition coefficient (Wildman–Crippen LogP) is 1.89. The molecule has 98 valence electrons. The van der Waals surface area contributed by atoms with Crippen LogP contribution >= 0.6 is 0 Å². The third kappa shape index (κ3) is 2.10. The van der Waals surface area contributed by atoms with E-state index in [2.05, 4.69) is 0 Å². The zero-order chi connectivity index (χ0) is 14.2. The maximum atomic E-state index is 11.5. The molecule has 0 bridgehead atoms. The Labute approximate surface area is 110 Å². The molecule has 0 aliphatic heterocycles. The van der Waals surface area contributed by atoms with Crippen LogP contribution in [-0.2, 0) is 0 Å². The number of benzene rings is 1. The number of aromatic carboxylic acids is 1. The van der Waals surface area contributed by atoms with Crippen LogP contribution in [0.5, 0.6) is 0 Å². The van der Waals surface area contributed by atoms with Gasteiger partial charge in [-0.2, -0.15) is 0 Å². The van der Waals surface area contributed by atoms with E-state index in [9.17, 15) is 9.59 Å². The smallest absolute Gasteiger partial charge is 0.337 e. The van der Waals surface area contributed by atoms with Gasteiger partial charge in [0.15, 0.2) is 0 Å². The van der Waals surface area contributed by atoms with Gasteiger partial charge in [0.05, 0.1) is 16.8 Å². The molecule has 0 aliphatic rings. The number of carboxylic acid groups (broad SMARTS) is 1. The molecule has 0 aliphatic carbocycles. The molecule has 1 heterocycles. The standard InChI is InChI=1S/C14H14N2O3/c1-8-7-11(14(18)19)9(2)16(8)12-6-4-3-5-10(12)13(15)17/h3-7H,1-2H3,(H2,15,17)(H,18,19). The second-order valence-corrected chi connectivity index (χ2v) is 4.31. The predicted molar refractivity (Wildman–Crippen MR) is 70.7 cm³/mol. The minimum absolute atomic E-state index is 0.219. The monoisotopic (exact) mass is 258 g/mol. The summed E-state index contributed by atoms with van der Waals surface area (Å²) in [6.07, 6.45) is 0. The molecule has 0 atom stereocenters. The SMILES string of the molecule is Cc1cc(C(=O)O)c(C)n1-c1ccccc1C(N)=O. The molecule has 0 saturated heterocycles. The largest absolute Gasteiger partial charge is 0.478 e. The van der Waals surface area contributed by atoms with Gasteiger partial charge in [0.1, 0.15) is 0 Å². The second-order valence-electron chi connectivity index (χ2n) is 4.31. The summed E-state index contributed by atoms with van der Waals surface area (Å²) in [5.74, 6) is -1.53. The van der Waals surface area contributed by atoms with Gasteiger partial charge >= 0.3 is 5.97 Å². The van der Waals surface area contributed by atoms with E-state index in [1.165, 1.54) is 0 Å². The van der Waals surface area contributed by atoms with Gasteiger partial charge in [0.25, 0.3) is 5.91 Å². The highest BCUT2D eigenvalue weighted by molar-refractivity contribution is 5.97. The lowest BCUT2D eigenvalue weighted by molar-refractivity contribution is 0.0696. The van der Waals surface area contributed by atoms with Crippen molar-refractivity contribution in [2.75, 3.05) is 0 Å². The zero-order valence-corrected chi connectivity index (χ0v) is 10.7. The fourth-order valence-electron chi connectivity index (χ4n) is 2.23. The molecule has 0 radical (unpaired) electrons. The molecule has 1 aromatic carbocycles. The molecule has 2 aromatic rings. The number of hydrogen-bond acceptors (Lipinski definition) is 2. The highest BCUT2D eigenvalue weighted by Crippen LogP contribution is 2.23. The maximum Gasteiger partial charge on any atom is 0.337 e. The number of nitrogens with zero attached hydrogens (tertiary/aromatic N) is 1. The number of hydrogen-bond donors (Lipinski definition) is 2. The van der Waals surface area contributed by atoms with Crippen LogP contribution in [0.1, 0.15) is 32.1 Å². The van der Waals surface area contributed by atoms with E-state index >= 15 is 0 Å². The topological polar surface area (TPSA) is 85.3 Å². The average Bonchev–Trinajstić information content (AvgIpc) is 2.65. The van der Waals surface area contributed by atoms with E-state index in [-0.39, 0.29) is 5.56 Å². The molecular weight excluding hydrogens is 244 g/mol. The van der Waals surface area contributed by atoms with Crippen molar-refractivity contribution >= 4 is 11.9 Å². The average molecular weight is 258 g/mol. The van der Waals surface area contributed by atoms with Crippen molar-refractivity contribution in [2.45, 2.75) is 13.8 Å². The van der Waals surface area contributed by atoms with E-state index in [0.717, 1.165) is 5.69 Å². The second kappa shape index (κ2) is 4.61. The van der Waals surface area contributed by atoms with Crippen LogP contribution in [0.3, 0.4) is 0 Å². The van der Waals surface area contributed by atoms with Crippen molar-refractivity contribution in [3.8, 4) is 5.69 Å². The third-order valence-electron chi connectivity index (χ3n) is 3.07. The molecule has 0 saturated carbocycles. The van der Waals surface area contributed by atoms with Crippen LogP contribution in [0.2, 0.25) is 0 Å². The summed E-state index contributed by atoms with van der Waals surface area (Å²) in [6, 6.07) is 8.44. The number of aromatic nitrogens is 1. The summed E-state index contributed by atoms with van der Waals surface area (Å²) in [6.45, 7) is 3.49. The zero-order valence-electron chi connectivity index (χ0n) is 10.7. The quantitative estimate of drug-likeness (QED) is 0.881. The summed E-state index contributed by atoms with van der Waals surface area (Å²) in [5, 5.41) is 9.12.